The molecule has 0 spiro atoms. The Bertz CT molecular complexity index is 527. The van der Waals surface area contributed by atoms with E-state index in [0.29, 0.717) is 5.56 Å². The first-order valence-electron chi connectivity index (χ1n) is 5.82. The van der Waals surface area contributed by atoms with Crippen LogP contribution in [-0.2, 0) is 0 Å². The second kappa shape index (κ2) is 5.65. The van der Waals surface area contributed by atoms with Gasteiger partial charge in [0.05, 0.1) is 13.2 Å². The highest BCUT2D eigenvalue weighted by Gasteiger charge is 2.15. The van der Waals surface area contributed by atoms with Gasteiger partial charge in [0.1, 0.15) is 11.6 Å². The summed E-state index contributed by atoms with van der Waals surface area (Å²) in [5.74, 6) is 0.559. The summed E-state index contributed by atoms with van der Waals surface area (Å²) in [6.07, 6.45) is 0. The van der Waals surface area contributed by atoms with Crippen LogP contribution in [0, 0.1) is 5.82 Å². The van der Waals surface area contributed by atoms with Gasteiger partial charge in [-0.25, -0.2) is 4.39 Å². The van der Waals surface area contributed by atoms with Crippen LogP contribution >= 0.6 is 0 Å². The SMILES string of the molecule is CNC(c1cccc(OC)c1)c1ccccc1F. The van der Waals surface area contributed by atoms with E-state index in [-0.39, 0.29) is 11.9 Å². The lowest BCUT2D eigenvalue weighted by Crippen LogP contribution is -2.18. The number of nitrogens with one attached hydrogen (secondary N) is 1. The van der Waals surface area contributed by atoms with E-state index in [1.807, 2.05) is 37.4 Å². The van der Waals surface area contributed by atoms with Crippen molar-refractivity contribution in [2.75, 3.05) is 14.2 Å². The van der Waals surface area contributed by atoms with Gasteiger partial charge >= 0.3 is 0 Å². The molecule has 2 aromatic carbocycles. The van der Waals surface area contributed by atoms with E-state index < -0.39 is 0 Å². The highest BCUT2D eigenvalue weighted by atomic mass is 19.1. The molecule has 94 valence electrons. The maximum absolute atomic E-state index is 13.8. The molecular formula is C15H16FNO. The molecule has 0 bridgehead atoms. The maximum Gasteiger partial charge on any atom is 0.128 e. The monoisotopic (exact) mass is 245 g/mol. The lowest BCUT2D eigenvalue weighted by molar-refractivity contribution is 0.413. The quantitative estimate of drug-likeness (QED) is 0.893. The fourth-order valence-electron chi connectivity index (χ4n) is 2.03. The van der Waals surface area contributed by atoms with Gasteiger partial charge in [0.25, 0.3) is 0 Å². The van der Waals surface area contributed by atoms with E-state index in [9.17, 15) is 4.39 Å². The van der Waals surface area contributed by atoms with Crippen LogP contribution in [0.2, 0.25) is 0 Å². The molecule has 2 aromatic rings. The lowest BCUT2D eigenvalue weighted by Gasteiger charge is -2.18. The Hall–Kier alpha value is -1.87. The number of rotatable bonds is 4. The molecule has 0 aliphatic rings. The number of halogens is 1. The molecule has 3 heteroatoms. The van der Waals surface area contributed by atoms with Gasteiger partial charge in [-0.1, -0.05) is 30.3 Å². The summed E-state index contributed by atoms with van der Waals surface area (Å²) in [4.78, 5) is 0. The Morgan fingerprint density at radius 1 is 1.11 bits per heavy atom. The van der Waals surface area contributed by atoms with Gasteiger partial charge in [-0.15, -0.1) is 0 Å². The fraction of sp³-hybridized carbons (Fsp3) is 0.200. The number of ether oxygens (including phenoxy) is 1. The van der Waals surface area contributed by atoms with Crippen LogP contribution in [0.3, 0.4) is 0 Å². The summed E-state index contributed by atoms with van der Waals surface area (Å²) in [7, 11) is 3.44. The second-order valence-corrected chi connectivity index (χ2v) is 4.02. The largest absolute Gasteiger partial charge is 0.497 e. The zero-order valence-corrected chi connectivity index (χ0v) is 10.5. The minimum atomic E-state index is -0.209. The van der Waals surface area contributed by atoms with Crippen LogP contribution in [0.4, 0.5) is 4.39 Å². The first-order chi connectivity index (χ1) is 8.76. The average Bonchev–Trinajstić information content (AvgIpc) is 2.42. The molecule has 0 aliphatic carbocycles. The van der Waals surface area contributed by atoms with E-state index in [1.165, 1.54) is 6.07 Å². The van der Waals surface area contributed by atoms with Crippen molar-refractivity contribution in [2.45, 2.75) is 6.04 Å². The van der Waals surface area contributed by atoms with Gasteiger partial charge in [-0.3, -0.25) is 0 Å². The second-order valence-electron chi connectivity index (χ2n) is 4.02. The Kier molecular flexibility index (Phi) is 3.95. The molecule has 0 saturated heterocycles. The van der Waals surface area contributed by atoms with Crippen LogP contribution in [0.1, 0.15) is 17.2 Å². The van der Waals surface area contributed by atoms with Gasteiger partial charge in [0, 0.05) is 5.56 Å². The van der Waals surface area contributed by atoms with Crippen LogP contribution < -0.4 is 10.1 Å². The molecule has 1 atom stereocenters. The third-order valence-electron chi connectivity index (χ3n) is 2.93. The van der Waals surface area contributed by atoms with Crippen LogP contribution in [0.5, 0.6) is 5.75 Å². The van der Waals surface area contributed by atoms with Crippen LogP contribution in [0.15, 0.2) is 48.5 Å². The Morgan fingerprint density at radius 2 is 1.89 bits per heavy atom. The molecule has 0 heterocycles. The normalized spacial score (nSPS) is 12.2. The molecular weight excluding hydrogens is 229 g/mol. The molecule has 0 saturated carbocycles. The summed E-state index contributed by atoms with van der Waals surface area (Å²) >= 11 is 0. The molecule has 0 radical (unpaired) electrons. The summed E-state index contributed by atoms with van der Waals surface area (Å²) < 4.78 is 19.0. The third-order valence-corrected chi connectivity index (χ3v) is 2.93. The van der Waals surface area contributed by atoms with Gasteiger partial charge in [-0.2, -0.15) is 0 Å². The number of hydrogen-bond donors (Lipinski definition) is 1. The lowest BCUT2D eigenvalue weighted by atomic mass is 9.98. The summed E-state index contributed by atoms with van der Waals surface area (Å²) in [6, 6.07) is 14.2. The van der Waals surface area contributed by atoms with E-state index in [4.69, 9.17) is 4.74 Å². The summed E-state index contributed by atoms with van der Waals surface area (Å²) in [6.45, 7) is 0. The van der Waals surface area contributed by atoms with Crippen LogP contribution in [0.25, 0.3) is 0 Å². The summed E-state index contributed by atoms with van der Waals surface area (Å²) in [5, 5.41) is 3.13. The van der Waals surface area contributed by atoms with E-state index in [0.717, 1.165) is 11.3 Å². The first-order valence-corrected chi connectivity index (χ1v) is 5.82. The third kappa shape index (κ3) is 2.51. The predicted molar refractivity (Wildman–Crippen MR) is 70.3 cm³/mol. The Morgan fingerprint density at radius 3 is 2.56 bits per heavy atom. The number of hydrogen-bond acceptors (Lipinski definition) is 2. The van der Waals surface area contributed by atoms with E-state index >= 15 is 0 Å². The van der Waals surface area contributed by atoms with Crippen molar-refractivity contribution >= 4 is 0 Å². The van der Waals surface area contributed by atoms with Gasteiger partial charge in [0.2, 0.25) is 0 Å². The van der Waals surface area contributed by atoms with Crippen molar-refractivity contribution in [3.8, 4) is 5.75 Å². The van der Waals surface area contributed by atoms with Crippen molar-refractivity contribution in [1.82, 2.24) is 5.32 Å². The zero-order chi connectivity index (χ0) is 13.0. The minimum absolute atomic E-state index is 0.179. The maximum atomic E-state index is 13.8. The number of benzene rings is 2. The molecule has 18 heavy (non-hydrogen) atoms. The van der Waals surface area contributed by atoms with Gasteiger partial charge < -0.3 is 10.1 Å². The highest BCUT2D eigenvalue weighted by molar-refractivity contribution is 5.37. The predicted octanol–water partition coefficient (Wildman–Crippen LogP) is 3.14. The highest BCUT2D eigenvalue weighted by Crippen LogP contribution is 2.26. The van der Waals surface area contributed by atoms with Crippen molar-refractivity contribution in [3.05, 3.63) is 65.5 Å². The molecule has 0 amide bonds. The molecule has 1 N–H and O–H groups in total. The smallest absolute Gasteiger partial charge is 0.128 e. The van der Waals surface area contributed by atoms with Crippen molar-refractivity contribution < 1.29 is 9.13 Å². The van der Waals surface area contributed by atoms with Crippen molar-refractivity contribution in [3.63, 3.8) is 0 Å². The molecule has 0 fully saturated rings. The number of methoxy groups -OCH3 is 1. The molecule has 2 rings (SSSR count). The minimum Gasteiger partial charge on any atom is -0.497 e. The standard InChI is InChI=1S/C15H16FNO/c1-17-15(13-8-3-4-9-14(13)16)11-6-5-7-12(10-11)18-2/h3-10,15,17H,1-2H3. The average molecular weight is 245 g/mol. The van der Waals surface area contributed by atoms with E-state index in [1.54, 1.807) is 19.2 Å². The molecule has 0 aromatic heterocycles. The van der Waals surface area contributed by atoms with Gasteiger partial charge in [0.15, 0.2) is 0 Å². The Balaban J connectivity index is 2.42. The molecule has 2 nitrogen and oxygen atoms in total. The van der Waals surface area contributed by atoms with Crippen molar-refractivity contribution in [1.29, 1.82) is 0 Å². The fourth-order valence-corrected chi connectivity index (χ4v) is 2.03. The topological polar surface area (TPSA) is 21.3 Å². The zero-order valence-electron chi connectivity index (χ0n) is 10.5. The van der Waals surface area contributed by atoms with E-state index in [2.05, 4.69) is 5.32 Å². The van der Waals surface area contributed by atoms with Gasteiger partial charge in [-0.05, 0) is 30.8 Å². The Labute approximate surface area is 106 Å². The molecule has 1 unspecified atom stereocenters. The molecule has 0 aliphatic heterocycles. The van der Waals surface area contributed by atoms with Crippen LogP contribution in [-0.4, -0.2) is 14.2 Å². The van der Waals surface area contributed by atoms with Crippen molar-refractivity contribution in [2.24, 2.45) is 0 Å². The first kappa shape index (κ1) is 12.6. The summed E-state index contributed by atoms with van der Waals surface area (Å²) in [5.41, 5.74) is 1.61.